The highest BCUT2D eigenvalue weighted by Gasteiger charge is 2.10. The molecule has 0 saturated carbocycles. The molecule has 124 valence electrons. The van der Waals surface area contributed by atoms with Crippen LogP contribution in [-0.2, 0) is 12.8 Å². The third-order valence-corrected chi connectivity index (χ3v) is 4.51. The van der Waals surface area contributed by atoms with E-state index in [-0.39, 0.29) is 5.91 Å². The fourth-order valence-corrected chi connectivity index (χ4v) is 3.20. The predicted molar refractivity (Wildman–Crippen MR) is 98.8 cm³/mol. The lowest BCUT2D eigenvalue weighted by Crippen LogP contribution is -2.26. The number of nitrogens with one attached hydrogen (secondary N) is 3. The minimum absolute atomic E-state index is 0.0463. The number of benzene rings is 1. The average Bonchev–Trinajstić information content (AvgIpc) is 2.58. The molecule has 0 fully saturated rings. The van der Waals surface area contributed by atoms with Crippen molar-refractivity contribution >= 4 is 29.0 Å². The van der Waals surface area contributed by atoms with Gasteiger partial charge in [-0.3, -0.25) is 4.79 Å². The maximum Gasteiger partial charge on any atom is 0.251 e. The summed E-state index contributed by atoms with van der Waals surface area (Å²) < 4.78 is 0.864. The second-order valence-corrected chi connectivity index (χ2v) is 6.00. The molecule has 0 radical (unpaired) electrons. The monoisotopic (exact) mass is 331 g/mol. The lowest BCUT2D eigenvalue weighted by molar-refractivity contribution is 0.0953. The van der Waals surface area contributed by atoms with E-state index in [2.05, 4.69) is 29.5 Å². The number of fused-ring (bicyclic) bond motifs is 1. The van der Waals surface area contributed by atoms with E-state index in [1.807, 2.05) is 25.2 Å². The summed E-state index contributed by atoms with van der Waals surface area (Å²) in [5.41, 5.74) is 4.03. The van der Waals surface area contributed by atoms with Crippen molar-refractivity contribution in [3.05, 3.63) is 39.5 Å². The quantitative estimate of drug-likeness (QED) is 0.538. The molecule has 1 aromatic heterocycles. The molecule has 1 heterocycles. The zero-order valence-electron chi connectivity index (χ0n) is 14.1. The summed E-state index contributed by atoms with van der Waals surface area (Å²) in [5.74, 6) is -0.0463. The van der Waals surface area contributed by atoms with Crippen LogP contribution in [-0.4, -0.2) is 31.0 Å². The Balaban J connectivity index is 2.33. The Morgan fingerprint density at radius 1 is 1.22 bits per heavy atom. The summed E-state index contributed by atoms with van der Waals surface area (Å²) in [6, 6.07) is 5.71. The van der Waals surface area contributed by atoms with Crippen LogP contribution in [0.5, 0.6) is 0 Å². The molecule has 2 rings (SSSR count). The number of carbonyl (C=O) groups is 1. The van der Waals surface area contributed by atoms with Crippen molar-refractivity contribution in [3.63, 3.8) is 0 Å². The van der Waals surface area contributed by atoms with Crippen molar-refractivity contribution in [1.82, 2.24) is 15.6 Å². The van der Waals surface area contributed by atoms with Crippen LogP contribution >= 0.6 is 12.2 Å². The van der Waals surface area contributed by atoms with Gasteiger partial charge in [0.1, 0.15) is 0 Å². The molecule has 0 aliphatic heterocycles. The molecule has 23 heavy (non-hydrogen) atoms. The first-order chi connectivity index (χ1) is 11.1. The summed E-state index contributed by atoms with van der Waals surface area (Å²) in [6.45, 7) is 5.79. The Morgan fingerprint density at radius 3 is 2.65 bits per heavy atom. The molecule has 5 heteroatoms. The Morgan fingerprint density at radius 2 is 2.00 bits per heavy atom. The van der Waals surface area contributed by atoms with Gasteiger partial charge in [-0.25, -0.2) is 0 Å². The van der Waals surface area contributed by atoms with Gasteiger partial charge in [-0.15, -0.1) is 0 Å². The molecule has 4 nitrogen and oxygen atoms in total. The van der Waals surface area contributed by atoms with E-state index in [9.17, 15) is 4.79 Å². The molecule has 1 aromatic carbocycles. The molecule has 0 atom stereocenters. The predicted octanol–water partition coefficient (Wildman–Crippen LogP) is 3.36. The molecule has 0 unspecified atom stereocenters. The van der Waals surface area contributed by atoms with Gasteiger partial charge in [-0.2, -0.15) is 0 Å². The minimum atomic E-state index is -0.0463. The maximum atomic E-state index is 12.3. The highest BCUT2D eigenvalue weighted by molar-refractivity contribution is 7.71. The molecule has 0 aliphatic carbocycles. The number of carbonyl (C=O) groups excluding carboxylic acids is 1. The van der Waals surface area contributed by atoms with Crippen molar-refractivity contribution in [3.8, 4) is 0 Å². The maximum absolute atomic E-state index is 12.3. The van der Waals surface area contributed by atoms with E-state index in [1.165, 1.54) is 11.3 Å². The summed E-state index contributed by atoms with van der Waals surface area (Å²) in [6.07, 6.45) is 2.74. The minimum Gasteiger partial charge on any atom is -0.358 e. The molecular formula is C18H25N3OS. The van der Waals surface area contributed by atoms with Gasteiger partial charge in [0, 0.05) is 28.7 Å². The topological polar surface area (TPSA) is 56.9 Å². The summed E-state index contributed by atoms with van der Waals surface area (Å²) >= 11 is 5.65. The van der Waals surface area contributed by atoms with Gasteiger partial charge < -0.3 is 15.6 Å². The first-order valence-corrected chi connectivity index (χ1v) is 8.63. The number of aromatic nitrogens is 1. The van der Waals surface area contributed by atoms with Gasteiger partial charge in [0.25, 0.3) is 5.91 Å². The Bertz CT molecular complexity index is 752. The third-order valence-electron chi connectivity index (χ3n) is 4.05. The first kappa shape index (κ1) is 17.6. The molecular weight excluding hydrogens is 306 g/mol. The van der Waals surface area contributed by atoms with Gasteiger partial charge in [0.15, 0.2) is 0 Å². The number of amides is 1. The van der Waals surface area contributed by atoms with Gasteiger partial charge >= 0.3 is 0 Å². The van der Waals surface area contributed by atoms with Crippen molar-refractivity contribution in [2.24, 2.45) is 0 Å². The number of aromatic amines is 1. The van der Waals surface area contributed by atoms with E-state index in [1.54, 1.807) is 0 Å². The Kier molecular flexibility index (Phi) is 6.30. The number of H-pyrrole nitrogens is 1. The van der Waals surface area contributed by atoms with Crippen LogP contribution in [0.1, 0.15) is 41.9 Å². The molecule has 1 amide bonds. The Labute approximate surface area is 142 Å². The highest BCUT2D eigenvalue weighted by Crippen LogP contribution is 2.22. The van der Waals surface area contributed by atoms with E-state index < -0.39 is 0 Å². The third kappa shape index (κ3) is 3.98. The van der Waals surface area contributed by atoms with Crippen LogP contribution < -0.4 is 10.6 Å². The molecule has 0 bridgehead atoms. The molecule has 0 saturated heterocycles. The number of hydrogen-bond acceptors (Lipinski definition) is 3. The van der Waals surface area contributed by atoms with E-state index in [0.29, 0.717) is 12.1 Å². The van der Waals surface area contributed by atoms with E-state index in [0.717, 1.165) is 41.2 Å². The van der Waals surface area contributed by atoms with Crippen LogP contribution in [0.25, 0.3) is 10.9 Å². The molecule has 0 spiro atoms. The van der Waals surface area contributed by atoms with Crippen molar-refractivity contribution < 1.29 is 4.79 Å². The zero-order valence-corrected chi connectivity index (χ0v) is 14.9. The SMILES string of the molecule is CCc1[nH]c2ccc(C(=O)NCCCNC)cc2c(=S)c1CC. The van der Waals surface area contributed by atoms with Crippen LogP contribution in [0, 0.1) is 4.51 Å². The number of aryl methyl sites for hydroxylation is 1. The van der Waals surface area contributed by atoms with Gasteiger partial charge in [-0.1, -0.05) is 26.1 Å². The molecule has 3 N–H and O–H groups in total. The van der Waals surface area contributed by atoms with Gasteiger partial charge in [0.05, 0.1) is 4.51 Å². The average molecular weight is 331 g/mol. The lowest BCUT2D eigenvalue weighted by Gasteiger charge is -2.11. The second kappa shape index (κ2) is 8.22. The smallest absolute Gasteiger partial charge is 0.251 e. The van der Waals surface area contributed by atoms with Crippen LogP contribution in [0.4, 0.5) is 0 Å². The van der Waals surface area contributed by atoms with Crippen LogP contribution in [0.2, 0.25) is 0 Å². The standard InChI is InChI=1S/C18H25N3OS/c1-4-13-15(5-2)21-16-8-7-12(11-14(16)17(13)23)18(22)20-10-6-9-19-3/h7-8,11,19H,4-6,9-10H2,1-3H3,(H,20,22)(H,21,23). The Hall–Kier alpha value is -1.72. The van der Waals surface area contributed by atoms with Crippen molar-refractivity contribution in [2.45, 2.75) is 33.1 Å². The second-order valence-electron chi connectivity index (χ2n) is 5.59. The zero-order chi connectivity index (χ0) is 16.8. The largest absolute Gasteiger partial charge is 0.358 e. The summed E-state index contributed by atoms with van der Waals surface area (Å²) in [4.78, 5) is 15.7. The first-order valence-electron chi connectivity index (χ1n) is 8.22. The van der Waals surface area contributed by atoms with Crippen molar-refractivity contribution in [2.75, 3.05) is 20.1 Å². The summed E-state index contributed by atoms with van der Waals surface area (Å²) in [7, 11) is 1.91. The highest BCUT2D eigenvalue weighted by atomic mass is 32.1. The van der Waals surface area contributed by atoms with E-state index >= 15 is 0 Å². The van der Waals surface area contributed by atoms with Crippen LogP contribution in [0.15, 0.2) is 18.2 Å². The number of pyridine rings is 1. The molecule has 2 aromatic rings. The van der Waals surface area contributed by atoms with Gasteiger partial charge in [0.2, 0.25) is 0 Å². The van der Waals surface area contributed by atoms with Crippen LogP contribution in [0.3, 0.4) is 0 Å². The lowest BCUT2D eigenvalue weighted by atomic mass is 10.0. The summed E-state index contributed by atoms with van der Waals surface area (Å²) in [5, 5.41) is 6.97. The fourth-order valence-electron chi connectivity index (χ4n) is 2.76. The van der Waals surface area contributed by atoms with Gasteiger partial charge in [-0.05, 0) is 56.6 Å². The van der Waals surface area contributed by atoms with E-state index in [4.69, 9.17) is 12.2 Å². The normalized spacial score (nSPS) is 10.9. The fraction of sp³-hybridized carbons (Fsp3) is 0.444. The number of hydrogen-bond donors (Lipinski definition) is 3. The molecule has 0 aliphatic rings. The van der Waals surface area contributed by atoms with Crippen molar-refractivity contribution in [1.29, 1.82) is 0 Å². The number of rotatable bonds is 7.